The van der Waals surface area contributed by atoms with Crippen molar-refractivity contribution in [2.24, 2.45) is 5.92 Å². The monoisotopic (exact) mass is 381 g/mol. The first kappa shape index (κ1) is 22.2. The summed E-state index contributed by atoms with van der Waals surface area (Å²) >= 11 is 0. The van der Waals surface area contributed by atoms with Crippen molar-refractivity contribution in [1.29, 1.82) is 0 Å². The maximum Gasteiger partial charge on any atom is 0.0939 e. The molecular formula is C24H35N3O. The number of aliphatic hydroxyl groups is 1. The van der Waals surface area contributed by atoms with Gasteiger partial charge in [-0.3, -0.25) is 4.98 Å². The molecule has 0 radical (unpaired) electrons. The minimum absolute atomic E-state index is 0.0896. The van der Waals surface area contributed by atoms with E-state index in [1.807, 2.05) is 13.8 Å². The van der Waals surface area contributed by atoms with Crippen LogP contribution in [0, 0.1) is 12.8 Å². The van der Waals surface area contributed by atoms with E-state index in [-0.39, 0.29) is 12.5 Å². The van der Waals surface area contributed by atoms with Gasteiger partial charge in [-0.2, -0.15) is 0 Å². The highest BCUT2D eigenvalue weighted by molar-refractivity contribution is 5.70. The summed E-state index contributed by atoms with van der Waals surface area (Å²) in [5.74, 6) is 0.494. The van der Waals surface area contributed by atoms with Gasteiger partial charge in [-0.05, 0) is 56.7 Å². The third-order valence-corrected chi connectivity index (χ3v) is 5.39. The average molecular weight is 382 g/mol. The average Bonchev–Trinajstić information content (AvgIpc) is 2.71. The highest BCUT2D eigenvalue weighted by Gasteiger charge is 2.21. The van der Waals surface area contributed by atoms with Crippen LogP contribution in [-0.4, -0.2) is 26.7 Å². The third-order valence-electron chi connectivity index (χ3n) is 5.39. The fourth-order valence-corrected chi connectivity index (χ4v) is 3.63. The van der Waals surface area contributed by atoms with Gasteiger partial charge in [0.25, 0.3) is 0 Å². The lowest BCUT2D eigenvalue weighted by atomic mass is 9.92. The number of rotatable bonds is 8. The number of nitrogens with zero attached hydrogens (tertiary/aromatic N) is 3. The van der Waals surface area contributed by atoms with Crippen molar-refractivity contribution in [2.75, 3.05) is 6.61 Å². The Bertz CT molecular complexity index is 836. The van der Waals surface area contributed by atoms with Gasteiger partial charge in [0.05, 0.1) is 22.8 Å². The highest BCUT2D eigenvalue weighted by atomic mass is 16.3. The van der Waals surface area contributed by atoms with Crippen molar-refractivity contribution < 1.29 is 5.11 Å². The molecule has 2 aromatic heterocycles. The van der Waals surface area contributed by atoms with E-state index in [4.69, 9.17) is 15.0 Å². The minimum atomic E-state index is 0.0896. The minimum Gasteiger partial charge on any atom is -0.396 e. The van der Waals surface area contributed by atoms with Crippen LogP contribution < -0.4 is 0 Å². The van der Waals surface area contributed by atoms with Crippen molar-refractivity contribution in [3.8, 4) is 11.3 Å². The summed E-state index contributed by atoms with van der Waals surface area (Å²) in [7, 11) is 0. The number of aromatic nitrogens is 3. The summed E-state index contributed by atoms with van der Waals surface area (Å²) in [4.78, 5) is 14.9. The lowest BCUT2D eigenvalue weighted by Crippen LogP contribution is -2.13. The van der Waals surface area contributed by atoms with Crippen LogP contribution in [0.2, 0.25) is 0 Å². The molecule has 2 rings (SSSR count). The van der Waals surface area contributed by atoms with Crippen LogP contribution in [0.15, 0.2) is 18.2 Å². The van der Waals surface area contributed by atoms with E-state index < -0.39 is 0 Å². The summed E-state index contributed by atoms with van der Waals surface area (Å²) in [6.45, 7) is 14.8. The Kier molecular flexibility index (Phi) is 7.88. The molecule has 0 aliphatic rings. The van der Waals surface area contributed by atoms with E-state index >= 15 is 0 Å². The molecule has 0 saturated heterocycles. The standard InChI is InChI=1S/C24H35N3O/c1-8-17(14-28)18(9-2)23-16(7)25-24(21(11-4)27-23)19-12-13-22(15(5)6)26-20(19)10-3/h9,12-13,15,17,28H,8,10-11,14H2,1-7H3/b18-9-/t17-/m0/s1. The van der Waals surface area contributed by atoms with Crippen LogP contribution in [0.5, 0.6) is 0 Å². The first-order chi connectivity index (χ1) is 13.4. The van der Waals surface area contributed by atoms with Gasteiger partial charge in [0, 0.05) is 29.5 Å². The van der Waals surface area contributed by atoms with Gasteiger partial charge in [0.1, 0.15) is 0 Å². The fourth-order valence-electron chi connectivity index (χ4n) is 3.63. The largest absolute Gasteiger partial charge is 0.396 e. The predicted octanol–water partition coefficient (Wildman–Crippen LogP) is 5.52. The summed E-state index contributed by atoms with van der Waals surface area (Å²) in [5.41, 5.74) is 8.11. The van der Waals surface area contributed by atoms with Crippen molar-refractivity contribution in [2.45, 2.75) is 73.6 Å². The van der Waals surface area contributed by atoms with Gasteiger partial charge in [-0.1, -0.05) is 40.7 Å². The van der Waals surface area contributed by atoms with Gasteiger partial charge in [-0.15, -0.1) is 0 Å². The summed E-state index contributed by atoms with van der Waals surface area (Å²) in [6, 6.07) is 4.27. The second-order valence-electron chi connectivity index (χ2n) is 7.58. The van der Waals surface area contributed by atoms with Gasteiger partial charge >= 0.3 is 0 Å². The molecule has 0 fully saturated rings. The lowest BCUT2D eigenvalue weighted by Gasteiger charge is -2.20. The zero-order chi connectivity index (χ0) is 20.8. The molecular weight excluding hydrogens is 346 g/mol. The Labute approximate surface area is 170 Å². The van der Waals surface area contributed by atoms with Crippen LogP contribution in [-0.2, 0) is 12.8 Å². The molecule has 0 unspecified atom stereocenters. The summed E-state index contributed by atoms with van der Waals surface area (Å²) < 4.78 is 0. The van der Waals surface area contributed by atoms with E-state index in [9.17, 15) is 5.11 Å². The molecule has 2 heterocycles. The molecule has 0 aliphatic carbocycles. The zero-order valence-corrected chi connectivity index (χ0v) is 18.5. The van der Waals surface area contributed by atoms with E-state index in [0.29, 0.717) is 5.92 Å². The normalized spacial score (nSPS) is 13.2. The molecule has 152 valence electrons. The van der Waals surface area contributed by atoms with Crippen LogP contribution in [0.4, 0.5) is 0 Å². The molecule has 0 aromatic carbocycles. The molecule has 4 heteroatoms. The van der Waals surface area contributed by atoms with Crippen molar-refractivity contribution >= 4 is 5.57 Å². The fraction of sp³-hybridized carbons (Fsp3) is 0.542. The Morgan fingerprint density at radius 3 is 2.21 bits per heavy atom. The Balaban J connectivity index is 2.64. The molecule has 2 aromatic rings. The topological polar surface area (TPSA) is 58.9 Å². The van der Waals surface area contributed by atoms with E-state index in [0.717, 1.165) is 64.6 Å². The Morgan fingerprint density at radius 2 is 1.71 bits per heavy atom. The molecule has 1 N–H and O–H groups in total. The molecule has 4 nitrogen and oxygen atoms in total. The van der Waals surface area contributed by atoms with Crippen LogP contribution in [0.3, 0.4) is 0 Å². The zero-order valence-electron chi connectivity index (χ0n) is 18.5. The molecule has 0 saturated carbocycles. The molecule has 0 bridgehead atoms. The molecule has 0 amide bonds. The molecule has 1 atom stereocenters. The Morgan fingerprint density at radius 1 is 1.04 bits per heavy atom. The quantitative estimate of drug-likeness (QED) is 0.654. The van der Waals surface area contributed by atoms with Gasteiger partial charge in [0.15, 0.2) is 0 Å². The number of hydrogen-bond acceptors (Lipinski definition) is 4. The number of aliphatic hydroxyl groups excluding tert-OH is 1. The maximum atomic E-state index is 9.78. The van der Waals surface area contributed by atoms with Crippen LogP contribution in [0.25, 0.3) is 16.8 Å². The second kappa shape index (κ2) is 9.92. The van der Waals surface area contributed by atoms with E-state index in [1.165, 1.54) is 0 Å². The molecule has 0 spiro atoms. The summed E-state index contributed by atoms with van der Waals surface area (Å²) in [5, 5.41) is 9.78. The smallest absolute Gasteiger partial charge is 0.0939 e. The first-order valence-corrected chi connectivity index (χ1v) is 10.6. The SMILES string of the molecule is C/C=C(\c1nc(CC)c(-c2ccc(C(C)C)nc2CC)nc1C)[C@@H](CC)CO. The summed E-state index contributed by atoms with van der Waals surface area (Å²) in [6.07, 6.45) is 4.61. The Hall–Kier alpha value is -2.07. The van der Waals surface area contributed by atoms with Crippen LogP contribution >= 0.6 is 0 Å². The third kappa shape index (κ3) is 4.49. The first-order valence-electron chi connectivity index (χ1n) is 10.6. The van der Waals surface area contributed by atoms with Crippen LogP contribution in [0.1, 0.15) is 82.4 Å². The van der Waals surface area contributed by atoms with Gasteiger partial charge < -0.3 is 5.11 Å². The number of aryl methyl sites for hydroxylation is 3. The number of pyridine rings is 1. The van der Waals surface area contributed by atoms with Gasteiger partial charge in [-0.25, -0.2) is 9.97 Å². The maximum absolute atomic E-state index is 9.78. The molecule has 0 aliphatic heterocycles. The molecule has 28 heavy (non-hydrogen) atoms. The predicted molar refractivity (Wildman–Crippen MR) is 117 cm³/mol. The number of allylic oxidation sites excluding steroid dienone is 1. The van der Waals surface area contributed by atoms with E-state index in [1.54, 1.807) is 0 Å². The van der Waals surface area contributed by atoms with Crippen molar-refractivity contribution in [3.63, 3.8) is 0 Å². The van der Waals surface area contributed by atoms with Crippen molar-refractivity contribution in [1.82, 2.24) is 15.0 Å². The van der Waals surface area contributed by atoms with Crippen molar-refractivity contribution in [3.05, 3.63) is 46.7 Å². The second-order valence-corrected chi connectivity index (χ2v) is 7.58. The number of hydrogen-bond donors (Lipinski definition) is 1. The van der Waals surface area contributed by atoms with Gasteiger partial charge in [0.2, 0.25) is 0 Å². The highest BCUT2D eigenvalue weighted by Crippen LogP contribution is 2.31. The van der Waals surface area contributed by atoms with E-state index in [2.05, 4.69) is 52.8 Å². The lowest BCUT2D eigenvalue weighted by molar-refractivity contribution is 0.254.